The summed E-state index contributed by atoms with van der Waals surface area (Å²) in [6.45, 7) is 3.76. The van der Waals surface area contributed by atoms with Gasteiger partial charge in [0.2, 0.25) is 5.91 Å². The van der Waals surface area contributed by atoms with Crippen molar-refractivity contribution in [2.75, 3.05) is 18.4 Å². The van der Waals surface area contributed by atoms with Crippen molar-refractivity contribution in [3.63, 3.8) is 0 Å². The van der Waals surface area contributed by atoms with E-state index in [-0.39, 0.29) is 24.3 Å². The third-order valence-electron chi connectivity index (χ3n) is 3.84. The quantitative estimate of drug-likeness (QED) is 0.839. The second-order valence-electron chi connectivity index (χ2n) is 5.60. The number of benzene rings is 1. The van der Waals surface area contributed by atoms with E-state index in [9.17, 15) is 14.4 Å². The molecule has 118 valence electrons. The Balaban J connectivity index is 1.99. The maximum Gasteiger partial charge on any atom is 0.323 e. The van der Waals surface area contributed by atoms with Crippen LogP contribution in [0.1, 0.15) is 30.6 Å². The summed E-state index contributed by atoms with van der Waals surface area (Å²) in [5, 5.41) is 11.6. The summed E-state index contributed by atoms with van der Waals surface area (Å²) in [6, 6.07) is 6.51. The van der Waals surface area contributed by atoms with E-state index in [1.54, 1.807) is 31.2 Å². The molecule has 0 saturated heterocycles. The summed E-state index contributed by atoms with van der Waals surface area (Å²) < 4.78 is 0. The molecule has 2 unspecified atom stereocenters. The minimum Gasteiger partial charge on any atom is -0.480 e. The SMILES string of the molecule is CCN(CC(=O)O)C(=O)c1ccc(NC(=O)C2CC2C)cc1. The molecule has 0 aromatic heterocycles. The summed E-state index contributed by atoms with van der Waals surface area (Å²) in [6.07, 6.45) is 0.920. The molecule has 1 aliphatic carbocycles. The van der Waals surface area contributed by atoms with Crippen molar-refractivity contribution in [2.24, 2.45) is 11.8 Å². The van der Waals surface area contributed by atoms with E-state index in [4.69, 9.17) is 5.11 Å². The number of amides is 2. The van der Waals surface area contributed by atoms with Crippen molar-refractivity contribution in [1.82, 2.24) is 4.90 Å². The van der Waals surface area contributed by atoms with Gasteiger partial charge in [-0.15, -0.1) is 0 Å². The molecule has 1 aromatic carbocycles. The summed E-state index contributed by atoms with van der Waals surface area (Å²) >= 11 is 0. The molecule has 1 saturated carbocycles. The highest BCUT2D eigenvalue weighted by Gasteiger charge is 2.39. The molecule has 0 spiro atoms. The van der Waals surface area contributed by atoms with Crippen LogP contribution in [0.4, 0.5) is 5.69 Å². The molecule has 2 N–H and O–H groups in total. The molecule has 1 fully saturated rings. The average Bonchev–Trinajstić information content (AvgIpc) is 3.22. The number of anilines is 1. The Morgan fingerprint density at radius 2 is 1.86 bits per heavy atom. The van der Waals surface area contributed by atoms with E-state index >= 15 is 0 Å². The first-order chi connectivity index (χ1) is 10.4. The van der Waals surface area contributed by atoms with Crippen molar-refractivity contribution in [3.8, 4) is 0 Å². The Bertz CT molecular complexity index is 582. The molecule has 0 aliphatic heterocycles. The van der Waals surface area contributed by atoms with Crippen molar-refractivity contribution >= 4 is 23.5 Å². The maximum absolute atomic E-state index is 12.2. The molecule has 0 radical (unpaired) electrons. The highest BCUT2D eigenvalue weighted by molar-refractivity contribution is 5.97. The van der Waals surface area contributed by atoms with Gasteiger partial charge in [0.25, 0.3) is 5.91 Å². The van der Waals surface area contributed by atoms with Crippen molar-refractivity contribution in [3.05, 3.63) is 29.8 Å². The number of carbonyl (C=O) groups excluding carboxylic acids is 2. The second kappa shape index (κ2) is 6.60. The van der Waals surface area contributed by atoms with Crippen LogP contribution in [0.2, 0.25) is 0 Å². The second-order valence-corrected chi connectivity index (χ2v) is 5.60. The van der Waals surface area contributed by atoms with E-state index in [0.29, 0.717) is 23.7 Å². The van der Waals surface area contributed by atoms with E-state index in [1.807, 2.05) is 6.92 Å². The average molecular weight is 304 g/mol. The minimum atomic E-state index is -1.04. The van der Waals surface area contributed by atoms with E-state index in [2.05, 4.69) is 5.32 Å². The molecule has 1 aromatic rings. The van der Waals surface area contributed by atoms with Crippen LogP contribution in [0, 0.1) is 11.8 Å². The molecular formula is C16H20N2O4. The molecule has 22 heavy (non-hydrogen) atoms. The number of nitrogens with zero attached hydrogens (tertiary/aromatic N) is 1. The summed E-state index contributed by atoms with van der Waals surface area (Å²) in [5.74, 6) is -0.841. The number of aliphatic carboxylic acids is 1. The van der Waals surface area contributed by atoms with Gasteiger partial charge in [0.05, 0.1) is 0 Å². The fourth-order valence-electron chi connectivity index (χ4n) is 2.29. The molecule has 0 bridgehead atoms. The first-order valence-corrected chi connectivity index (χ1v) is 7.34. The molecule has 6 nitrogen and oxygen atoms in total. The number of carboxylic acid groups (broad SMARTS) is 1. The number of hydrogen-bond donors (Lipinski definition) is 2. The number of nitrogens with one attached hydrogen (secondary N) is 1. The Kier molecular flexibility index (Phi) is 4.80. The zero-order valence-corrected chi connectivity index (χ0v) is 12.7. The van der Waals surface area contributed by atoms with E-state index in [0.717, 1.165) is 6.42 Å². The van der Waals surface area contributed by atoms with Gasteiger partial charge in [-0.25, -0.2) is 0 Å². The van der Waals surface area contributed by atoms with Gasteiger partial charge in [0.1, 0.15) is 6.54 Å². The van der Waals surface area contributed by atoms with Crippen molar-refractivity contribution < 1.29 is 19.5 Å². The molecule has 1 aliphatic rings. The van der Waals surface area contributed by atoms with E-state index < -0.39 is 5.97 Å². The Morgan fingerprint density at radius 1 is 1.27 bits per heavy atom. The van der Waals surface area contributed by atoms with Crippen LogP contribution < -0.4 is 5.32 Å². The molecule has 2 atom stereocenters. The van der Waals surface area contributed by atoms with Gasteiger partial charge in [0, 0.05) is 23.7 Å². The number of carboxylic acids is 1. The van der Waals surface area contributed by atoms with Crippen LogP contribution in [0.5, 0.6) is 0 Å². The number of carbonyl (C=O) groups is 3. The molecule has 6 heteroatoms. The summed E-state index contributed by atoms with van der Waals surface area (Å²) in [7, 11) is 0. The van der Waals surface area contributed by atoms with Crippen LogP contribution in [0.3, 0.4) is 0 Å². The summed E-state index contributed by atoms with van der Waals surface area (Å²) in [5.41, 5.74) is 1.04. The fraction of sp³-hybridized carbons (Fsp3) is 0.438. The van der Waals surface area contributed by atoms with Crippen LogP contribution >= 0.6 is 0 Å². The largest absolute Gasteiger partial charge is 0.480 e. The maximum atomic E-state index is 12.2. The van der Waals surface area contributed by atoms with Gasteiger partial charge in [-0.1, -0.05) is 6.92 Å². The Labute approximate surface area is 129 Å². The first kappa shape index (κ1) is 16.0. The Hall–Kier alpha value is -2.37. The minimum absolute atomic E-state index is 0.00707. The number of rotatable bonds is 6. The number of likely N-dealkylation sites (N-methyl/N-ethyl adjacent to an activating group) is 1. The lowest BCUT2D eigenvalue weighted by atomic mass is 10.1. The van der Waals surface area contributed by atoms with Gasteiger partial charge in [0.15, 0.2) is 0 Å². The van der Waals surface area contributed by atoms with Crippen molar-refractivity contribution in [2.45, 2.75) is 20.3 Å². The third-order valence-corrected chi connectivity index (χ3v) is 3.84. The third kappa shape index (κ3) is 3.84. The lowest BCUT2D eigenvalue weighted by Gasteiger charge is -2.18. The zero-order chi connectivity index (χ0) is 16.3. The lowest BCUT2D eigenvalue weighted by Crippen LogP contribution is -2.35. The predicted octanol–water partition coefficient (Wildman–Crippen LogP) is 1.83. The van der Waals surface area contributed by atoms with Crippen LogP contribution in [0.15, 0.2) is 24.3 Å². The summed E-state index contributed by atoms with van der Waals surface area (Å²) in [4.78, 5) is 36.0. The van der Waals surface area contributed by atoms with Crippen LogP contribution in [-0.2, 0) is 9.59 Å². The highest BCUT2D eigenvalue weighted by atomic mass is 16.4. The molecule has 2 rings (SSSR count). The van der Waals surface area contributed by atoms with Gasteiger partial charge >= 0.3 is 5.97 Å². The smallest absolute Gasteiger partial charge is 0.323 e. The van der Waals surface area contributed by atoms with Crippen LogP contribution in [0.25, 0.3) is 0 Å². The molecule has 2 amide bonds. The van der Waals surface area contributed by atoms with Crippen molar-refractivity contribution in [1.29, 1.82) is 0 Å². The van der Waals surface area contributed by atoms with Gasteiger partial charge in [-0.3, -0.25) is 14.4 Å². The van der Waals surface area contributed by atoms with Gasteiger partial charge < -0.3 is 15.3 Å². The number of hydrogen-bond acceptors (Lipinski definition) is 3. The first-order valence-electron chi connectivity index (χ1n) is 7.34. The molecular weight excluding hydrogens is 284 g/mol. The normalized spacial score (nSPS) is 19.4. The Morgan fingerprint density at radius 3 is 2.32 bits per heavy atom. The zero-order valence-electron chi connectivity index (χ0n) is 12.7. The topological polar surface area (TPSA) is 86.7 Å². The van der Waals surface area contributed by atoms with Gasteiger partial charge in [-0.2, -0.15) is 0 Å². The monoisotopic (exact) mass is 304 g/mol. The van der Waals surface area contributed by atoms with Gasteiger partial charge in [-0.05, 0) is 43.5 Å². The fourth-order valence-corrected chi connectivity index (χ4v) is 2.29. The lowest BCUT2D eigenvalue weighted by molar-refractivity contribution is -0.137. The standard InChI is InChI=1S/C16H20N2O4/c1-3-18(9-14(19)20)16(22)11-4-6-12(7-5-11)17-15(21)13-8-10(13)2/h4-7,10,13H,3,8-9H2,1-2H3,(H,17,21)(H,19,20). The predicted molar refractivity (Wildman–Crippen MR) is 81.6 cm³/mol. The molecule has 0 heterocycles. The van der Waals surface area contributed by atoms with E-state index in [1.165, 1.54) is 4.90 Å². The van der Waals surface area contributed by atoms with Crippen LogP contribution in [-0.4, -0.2) is 40.9 Å². The highest BCUT2D eigenvalue weighted by Crippen LogP contribution is 2.38.